The Morgan fingerprint density at radius 3 is 1.53 bits per heavy atom. The first-order valence-electron chi connectivity index (χ1n) is 6.47. The van der Waals surface area contributed by atoms with Crippen LogP contribution in [0.25, 0.3) is 0 Å². The molecule has 19 heavy (non-hydrogen) atoms. The fraction of sp³-hybridized carbons (Fsp3) is 0.600. The fourth-order valence-corrected chi connectivity index (χ4v) is 0.913. The average molecular weight is 268 g/mol. The zero-order valence-corrected chi connectivity index (χ0v) is 13.3. The normalized spacial score (nSPS) is 10.2. The third-order valence-electron chi connectivity index (χ3n) is 2.73. The predicted octanol–water partition coefficient (Wildman–Crippen LogP) is 2.47. The highest BCUT2D eigenvalue weighted by molar-refractivity contribution is 5.87. The number of amides is 2. The third-order valence-corrected chi connectivity index (χ3v) is 2.73. The zero-order valence-electron chi connectivity index (χ0n) is 13.3. The average Bonchev–Trinajstić information content (AvgIpc) is 2.36. The molecule has 0 unspecified atom stereocenters. The van der Waals surface area contributed by atoms with Crippen LogP contribution in [-0.4, -0.2) is 47.8 Å². The van der Waals surface area contributed by atoms with Gasteiger partial charge in [-0.25, -0.2) is 0 Å². The SMILES string of the molecule is C/C=C/C(=O)N(C)C(C)C.C=CC(=O)N(C)C(C)C. The van der Waals surface area contributed by atoms with Gasteiger partial charge in [0.2, 0.25) is 11.8 Å². The van der Waals surface area contributed by atoms with E-state index in [0.717, 1.165) is 0 Å². The topological polar surface area (TPSA) is 40.6 Å². The van der Waals surface area contributed by atoms with Crippen LogP contribution in [0, 0.1) is 0 Å². The first-order valence-corrected chi connectivity index (χ1v) is 6.47. The van der Waals surface area contributed by atoms with Gasteiger partial charge >= 0.3 is 0 Å². The molecule has 0 aromatic carbocycles. The first-order chi connectivity index (χ1) is 8.68. The molecule has 4 heteroatoms. The van der Waals surface area contributed by atoms with Crippen molar-refractivity contribution < 1.29 is 9.59 Å². The van der Waals surface area contributed by atoms with Gasteiger partial charge in [-0.05, 0) is 46.8 Å². The van der Waals surface area contributed by atoms with E-state index < -0.39 is 0 Å². The highest BCUT2D eigenvalue weighted by atomic mass is 16.2. The van der Waals surface area contributed by atoms with Crippen LogP contribution in [0.15, 0.2) is 24.8 Å². The second kappa shape index (κ2) is 10.4. The Kier molecular flexibility index (Phi) is 10.8. The highest BCUT2D eigenvalue weighted by Crippen LogP contribution is 1.94. The number of carbonyl (C=O) groups is 2. The van der Waals surface area contributed by atoms with Crippen molar-refractivity contribution in [2.24, 2.45) is 0 Å². The number of likely N-dealkylation sites (N-methyl/N-ethyl adjacent to an activating group) is 2. The van der Waals surface area contributed by atoms with Gasteiger partial charge in [0.15, 0.2) is 0 Å². The van der Waals surface area contributed by atoms with E-state index in [1.165, 1.54) is 6.08 Å². The van der Waals surface area contributed by atoms with E-state index in [9.17, 15) is 9.59 Å². The van der Waals surface area contributed by atoms with Gasteiger partial charge in [-0.1, -0.05) is 12.7 Å². The molecule has 0 spiro atoms. The van der Waals surface area contributed by atoms with Gasteiger partial charge in [-0.3, -0.25) is 9.59 Å². The number of hydrogen-bond acceptors (Lipinski definition) is 2. The van der Waals surface area contributed by atoms with Crippen molar-refractivity contribution in [2.75, 3.05) is 14.1 Å². The number of allylic oxidation sites excluding steroid dienone is 1. The summed E-state index contributed by atoms with van der Waals surface area (Å²) in [6.07, 6.45) is 4.64. The molecule has 0 bridgehead atoms. The van der Waals surface area contributed by atoms with Crippen molar-refractivity contribution in [3.63, 3.8) is 0 Å². The molecule has 0 heterocycles. The standard InChI is InChI=1S/C8H15NO.C7H13NO/c1-5-6-8(10)9(4)7(2)3;1-5-7(9)8(4)6(2)3/h5-7H,1-4H3;5-6H,1H2,2-4H3/b6-5+;. The molecule has 0 aromatic rings. The molecule has 0 aliphatic rings. The van der Waals surface area contributed by atoms with Gasteiger partial charge < -0.3 is 9.80 Å². The number of hydrogen-bond donors (Lipinski definition) is 0. The molecule has 0 radical (unpaired) electrons. The van der Waals surface area contributed by atoms with Crippen LogP contribution in [0.2, 0.25) is 0 Å². The van der Waals surface area contributed by atoms with Gasteiger partial charge in [0.1, 0.15) is 0 Å². The molecule has 0 aliphatic heterocycles. The summed E-state index contributed by atoms with van der Waals surface area (Å²) in [5.41, 5.74) is 0. The number of rotatable bonds is 4. The molecule has 0 aliphatic carbocycles. The van der Waals surface area contributed by atoms with Crippen molar-refractivity contribution in [3.8, 4) is 0 Å². The van der Waals surface area contributed by atoms with E-state index in [-0.39, 0.29) is 23.9 Å². The largest absolute Gasteiger partial charge is 0.340 e. The Morgan fingerprint density at radius 1 is 0.947 bits per heavy atom. The van der Waals surface area contributed by atoms with Crippen molar-refractivity contribution in [1.29, 1.82) is 0 Å². The smallest absolute Gasteiger partial charge is 0.246 e. The van der Waals surface area contributed by atoms with Gasteiger partial charge in [-0.2, -0.15) is 0 Å². The molecule has 4 nitrogen and oxygen atoms in total. The molecule has 0 rings (SSSR count). The molecule has 0 N–H and O–H groups in total. The van der Waals surface area contributed by atoms with Crippen molar-refractivity contribution in [2.45, 2.75) is 46.7 Å². The van der Waals surface area contributed by atoms with Gasteiger partial charge in [-0.15, -0.1) is 0 Å². The summed E-state index contributed by atoms with van der Waals surface area (Å²) in [5, 5.41) is 0. The maximum Gasteiger partial charge on any atom is 0.246 e. The Morgan fingerprint density at radius 2 is 1.32 bits per heavy atom. The molecule has 0 saturated carbocycles. The Hall–Kier alpha value is -1.58. The van der Waals surface area contributed by atoms with E-state index >= 15 is 0 Å². The summed E-state index contributed by atoms with van der Waals surface area (Å²) in [6, 6.07) is 0.541. The maximum absolute atomic E-state index is 11.0. The minimum Gasteiger partial charge on any atom is -0.340 e. The summed E-state index contributed by atoms with van der Waals surface area (Å²) in [7, 11) is 3.56. The summed E-state index contributed by atoms with van der Waals surface area (Å²) < 4.78 is 0. The molecule has 0 saturated heterocycles. The molecule has 110 valence electrons. The van der Waals surface area contributed by atoms with Crippen LogP contribution in [0.1, 0.15) is 34.6 Å². The Balaban J connectivity index is 0. The van der Waals surface area contributed by atoms with E-state index in [2.05, 4.69) is 6.58 Å². The fourth-order valence-electron chi connectivity index (χ4n) is 0.913. The van der Waals surface area contributed by atoms with Crippen LogP contribution in [0.5, 0.6) is 0 Å². The minimum absolute atomic E-state index is 0.0231. The Labute approximate surface area is 117 Å². The van der Waals surface area contributed by atoms with Crippen LogP contribution < -0.4 is 0 Å². The van der Waals surface area contributed by atoms with E-state index in [1.54, 1.807) is 36.0 Å². The molecular weight excluding hydrogens is 240 g/mol. The number of carbonyl (C=O) groups excluding carboxylic acids is 2. The lowest BCUT2D eigenvalue weighted by atomic mass is 10.3. The van der Waals surface area contributed by atoms with Crippen molar-refractivity contribution in [1.82, 2.24) is 9.80 Å². The summed E-state index contributed by atoms with van der Waals surface area (Å²) in [6.45, 7) is 13.1. The highest BCUT2D eigenvalue weighted by Gasteiger charge is 2.06. The van der Waals surface area contributed by atoms with E-state index in [1.807, 2.05) is 34.6 Å². The molecule has 0 atom stereocenters. The van der Waals surface area contributed by atoms with Crippen LogP contribution in [0.3, 0.4) is 0 Å². The zero-order chi connectivity index (χ0) is 15.6. The third kappa shape index (κ3) is 9.05. The first kappa shape index (κ1) is 19.8. The summed E-state index contributed by atoms with van der Waals surface area (Å²) in [5.74, 6) is 0.0440. The van der Waals surface area contributed by atoms with Gasteiger partial charge in [0.25, 0.3) is 0 Å². The van der Waals surface area contributed by atoms with Crippen LogP contribution >= 0.6 is 0 Å². The second-order valence-corrected chi connectivity index (χ2v) is 4.79. The monoisotopic (exact) mass is 268 g/mol. The molecule has 0 fully saturated rings. The lowest BCUT2D eigenvalue weighted by Gasteiger charge is -2.19. The summed E-state index contributed by atoms with van der Waals surface area (Å²) >= 11 is 0. The maximum atomic E-state index is 11.0. The van der Waals surface area contributed by atoms with Crippen LogP contribution in [0.4, 0.5) is 0 Å². The number of nitrogens with zero attached hydrogens (tertiary/aromatic N) is 2. The summed E-state index contributed by atoms with van der Waals surface area (Å²) in [4.78, 5) is 25.1. The predicted molar refractivity (Wildman–Crippen MR) is 80.8 cm³/mol. The van der Waals surface area contributed by atoms with Crippen molar-refractivity contribution in [3.05, 3.63) is 24.8 Å². The molecular formula is C15H28N2O2. The van der Waals surface area contributed by atoms with Gasteiger partial charge in [0, 0.05) is 26.2 Å². The van der Waals surface area contributed by atoms with Crippen molar-refractivity contribution >= 4 is 11.8 Å². The Bertz CT molecular complexity index is 320. The van der Waals surface area contributed by atoms with Gasteiger partial charge in [0.05, 0.1) is 0 Å². The quantitative estimate of drug-likeness (QED) is 0.735. The van der Waals surface area contributed by atoms with E-state index in [4.69, 9.17) is 0 Å². The lowest BCUT2D eigenvalue weighted by Crippen LogP contribution is -2.31. The second-order valence-electron chi connectivity index (χ2n) is 4.79. The van der Waals surface area contributed by atoms with E-state index in [0.29, 0.717) is 0 Å². The molecule has 2 amide bonds. The lowest BCUT2D eigenvalue weighted by molar-refractivity contribution is -0.126. The van der Waals surface area contributed by atoms with Crippen LogP contribution in [-0.2, 0) is 9.59 Å². The minimum atomic E-state index is -0.0231. The molecule has 0 aromatic heterocycles.